The minimum absolute atomic E-state index is 0.0218. The van der Waals surface area contributed by atoms with E-state index in [0.717, 1.165) is 11.1 Å². The van der Waals surface area contributed by atoms with E-state index in [-0.39, 0.29) is 17.7 Å². The number of likely N-dealkylation sites (tertiary alicyclic amines) is 1. The van der Waals surface area contributed by atoms with Crippen molar-refractivity contribution in [3.63, 3.8) is 0 Å². The monoisotopic (exact) mass is 280 g/mol. The molecule has 1 aliphatic heterocycles. The maximum atomic E-state index is 12.0. The van der Waals surface area contributed by atoms with E-state index in [4.69, 9.17) is 11.6 Å². The number of nitrogens with one attached hydrogen (secondary N) is 1. The number of hydrogen-bond donors (Lipinski definition) is 1. The number of amides is 2. The van der Waals surface area contributed by atoms with E-state index in [9.17, 15) is 9.59 Å². The third-order valence-electron chi connectivity index (χ3n) is 3.37. The molecule has 1 atom stereocenters. The minimum Gasteiger partial charge on any atom is -0.352 e. The van der Waals surface area contributed by atoms with Crippen molar-refractivity contribution < 1.29 is 9.59 Å². The van der Waals surface area contributed by atoms with Gasteiger partial charge in [0.15, 0.2) is 0 Å². The van der Waals surface area contributed by atoms with E-state index in [0.29, 0.717) is 24.5 Å². The first kappa shape index (κ1) is 13.9. The Hall–Kier alpha value is -1.55. The van der Waals surface area contributed by atoms with E-state index in [2.05, 4.69) is 5.32 Å². The fourth-order valence-electron chi connectivity index (χ4n) is 2.16. The van der Waals surface area contributed by atoms with E-state index in [1.54, 1.807) is 11.9 Å². The second kappa shape index (κ2) is 5.61. The van der Waals surface area contributed by atoms with Crippen LogP contribution in [-0.2, 0) is 16.1 Å². The molecule has 1 saturated heterocycles. The first-order valence-corrected chi connectivity index (χ1v) is 6.62. The van der Waals surface area contributed by atoms with Crippen molar-refractivity contribution >= 4 is 23.4 Å². The molecule has 5 heteroatoms. The van der Waals surface area contributed by atoms with Crippen LogP contribution >= 0.6 is 11.6 Å². The minimum atomic E-state index is -0.248. The molecule has 1 N–H and O–H groups in total. The summed E-state index contributed by atoms with van der Waals surface area (Å²) in [6.45, 7) is 2.85. The zero-order valence-electron chi connectivity index (χ0n) is 11.1. The summed E-state index contributed by atoms with van der Waals surface area (Å²) in [4.78, 5) is 24.9. The Morgan fingerprint density at radius 1 is 1.53 bits per heavy atom. The van der Waals surface area contributed by atoms with Crippen molar-refractivity contribution in [1.82, 2.24) is 10.2 Å². The molecule has 0 saturated carbocycles. The molecule has 19 heavy (non-hydrogen) atoms. The Kier molecular flexibility index (Phi) is 4.10. The molecule has 1 aromatic rings. The third-order valence-corrected chi connectivity index (χ3v) is 3.73. The van der Waals surface area contributed by atoms with Crippen LogP contribution in [0.3, 0.4) is 0 Å². The summed E-state index contributed by atoms with van der Waals surface area (Å²) in [6, 6.07) is 5.74. The number of carbonyl (C=O) groups excluding carboxylic acids is 2. The highest BCUT2D eigenvalue weighted by Crippen LogP contribution is 2.19. The van der Waals surface area contributed by atoms with Crippen LogP contribution in [0.5, 0.6) is 0 Å². The fraction of sp³-hybridized carbons (Fsp3) is 0.429. The van der Waals surface area contributed by atoms with E-state index < -0.39 is 0 Å². The summed E-state index contributed by atoms with van der Waals surface area (Å²) in [5.41, 5.74) is 1.97. The Labute approximate surface area is 117 Å². The van der Waals surface area contributed by atoms with Crippen LogP contribution in [-0.4, -0.2) is 30.3 Å². The van der Waals surface area contributed by atoms with Gasteiger partial charge >= 0.3 is 0 Å². The predicted molar refractivity (Wildman–Crippen MR) is 73.8 cm³/mol. The molecule has 0 bridgehead atoms. The molecule has 1 aliphatic rings. The van der Waals surface area contributed by atoms with Crippen molar-refractivity contribution in [3.8, 4) is 0 Å². The lowest BCUT2D eigenvalue weighted by molar-refractivity contribution is -0.128. The molecule has 2 rings (SSSR count). The second-order valence-corrected chi connectivity index (χ2v) is 5.40. The quantitative estimate of drug-likeness (QED) is 0.917. The molecule has 102 valence electrons. The number of nitrogens with zero attached hydrogens (tertiary/aromatic N) is 1. The zero-order valence-corrected chi connectivity index (χ0v) is 11.8. The third kappa shape index (κ3) is 3.26. The Morgan fingerprint density at radius 3 is 2.84 bits per heavy atom. The van der Waals surface area contributed by atoms with Gasteiger partial charge in [0.1, 0.15) is 0 Å². The lowest BCUT2D eigenvalue weighted by Gasteiger charge is -2.12. The van der Waals surface area contributed by atoms with Gasteiger partial charge in [-0.15, -0.1) is 0 Å². The van der Waals surface area contributed by atoms with Crippen LogP contribution in [0.4, 0.5) is 0 Å². The Morgan fingerprint density at radius 2 is 2.26 bits per heavy atom. The smallest absolute Gasteiger partial charge is 0.225 e. The fourth-order valence-corrected chi connectivity index (χ4v) is 2.46. The van der Waals surface area contributed by atoms with Crippen LogP contribution in [0.15, 0.2) is 18.2 Å². The van der Waals surface area contributed by atoms with Crippen LogP contribution in [0.1, 0.15) is 17.5 Å². The highest BCUT2D eigenvalue weighted by Gasteiger charge is 2.31. The van der Waals surface area contributed by atoms with Gasteiger partial charge in [-0.2, -0.15) is 0 Å². The Bertz CT molecular complexity index is 516. The Balaban J connectivity index is 1.92. The maximum Gasteiger partial charge on any atom is 0.225 e. The van der Waals surface area contributed by atoms with Gasteiger partial charge in [0, 0.05) is 31.6 Å². The van der Waals surface area contributed by atoms with Crippen LogP contribution in [0.25, 0.3) is 0 Å². The van der Waals surface area contributed by atoms with E-state index >= 15 is 0 Å². The van der Waals surface area contributed by atoms with Gasteiger partial charge in [-0.1, -0.05) is 23.7 Å². The molecule has 0 spiro atoms. The highest BCUT2D eigenvalue weighted by atomic mass is 35.5. The SMILES string of the molecule is Cc1ccc(CNC(=O)C2CC(=O)N(C)C2)c(Cl)c1. The molecular formula is C14H17ClN2O2. The van der Waals surface area contributed by atoms with E-state index in [1.807, 2.05) is 25.1 Å². The summed E-state index contributed by atoms with van der Waals surface area (Å²) >= 11 is 6.11. The van der Waals surface area contributed by atoms with Gasteiger partial charge in [-0.05, 0) is 24.1 Å². The lowest BCUT2D eigenvalue weighted by Crippen LogP contribution is -2.31. The van der Waals surface area contributed by atoms with Crippen molar-refractivity contribution in [2.24, 2.45) is 5.92 Å². The molecule has 0 aromatic heterocycles. The number of halogens is 1. The molecule has 4 nitrogen and oxygen atoms in total. The summed E-state index contributed by atoms with van der Waals surface area (Å²) in [6.07, 6.45) is 0.296. The standard InChI is InChI=1S/C14H17ClN2O2/c1-9-3-4-10(12(15)5-9)7-16-14(19)11-6-13(18)17(2)8-11/h3-5,11H,6-8H2,1-2H3,(H,16,19). The average Bonchev–Trinajstić information content (AvgIpc) is 2.68. The van der Waals surface area contributed by atoms with Gasteiger partial charge < -0.3 is 10.2 Å². The van der Waals surface area contributed by atoms with Gasteiger partial charge in [-0.25, -0.2) is 0 Å². The number of rotatable bonds is 3. The van der Waals surface area contributed by atoms with E-state index in [1.165, 1.54) is 0 Å². The molecular weight excluding hydrogens is 264 g/mol. The molecule has 2 amide bonds. The lowest BCUT2D eigenvalue weighted by atomic mass is 10.1. The topological polar surface area (TPSA) is 49.4 Å². The summed E-state index contributed by atoms with van der Waals surface area (Å²) in [7, 11) is 1.71. The predicted octanol–water partition coefficient (Wildman–Crippen LogP) is 1.74. The molecule has 1 unspecified atom stereocenters. The zero-order chi connectivity index (χ0) is 14.0. The number of aryl methyl sites for hydroxylation is 1. The number of carbonyl (C=O) groups is 2. The summed E-state index contributed by atoms with van der Waals surface area (Å²) in [5, 5.41) is 3.49. The molecule has 0 aliphatic carbocycles. The average molecular weight is 281 g/mol. The summed E-state index contributed by atoms with van der Waals surface area (Å²) in [5.74, 6) is -0.315. The van der Waals surface area contributed by atoms with Gasteiger partial charge in [0.2, 0.25) is 11.8 Å². The van der Waals surface area contributed by atoms with Crippen LogP contribution in [0, 0.1) is 12.8 Å². The van der Waals surface area contributed by atoms with Crippen LogP contribution < -0.4 is 5.32 Å². The van der Waals surface area contributed by atoms with Gasteiger partial charge in [-0.3, -0.25) is 9.59 Å². The van der Waals surface area contributed by atoms with Gasteiger partial charge in [0.25, 0.3) is 0 Å². The highest BCUT2D eigenvalue weighted by molar-refractivity contribution is 6.31. The first-order valence-electron chi connectivity index (χ1n) is 6.24. The molecule has 1 aromatic carbocycles. The maximum absolute atomic E-state index is 12.0. The van der Waals surface area contributed by atoms with Crippen molar-refractivity contribution in [3.05, 3.63) is 34.3 Å². The molecule has 0 radical (unpaired) electrons. The van der Waals surface area contributed by atoms with Crippen molar-refractivity contribution in [1.29, 1.82) is 0 Å². The normalized spacial score (nSPS) is 18.8. The molecule has 1 fully saturated rings. The largest absolute Gasteiger partial charge is 0.352 e. The summed E-state index contributed by atoms with van der Waals surface area (Å²) < 4.78 is 0. The number of benzene rings is 1. The van der Waals surface area contributed by atoms with Crippen molar-refractivity contribution in [2.45, 2.75) is 19.9 Å². The second-order valence-electron chi connectivity index (χ2n) is 4.99. The first-order chi connectivity index (χ1) is 8.97. The number of hydrogen-bond acceptors (Lipinski definition) is 2. The molecule has 1 heterocycles. The van der Waals surface area contributed by atoms with Crippen molar-refractivity contribution in [2.75, 3.05) is 13.6 Å². The van der Waals surface area contributed by atoms with Crippen LogP contribution in [0.2, 0.25) is 5.02 Å². The van der Waals surface area contributed by atoms with Gasteiger partial charge in [0.05, 0.1) is 5.92 Å².